The van der Waals surface area contributed by atoms with Gasteiger partial charge in [-0.15, -0.1) is 0 Å². The zero-order valence-corrected chi connectivity index (χ0v) is 14.7. The van der Waals surface area contributed by atoms with Crippen LogP contribution in [0.3, 0.4) is 0 Å². The van der Waals surface area contributed by atoms with Gasteiger partial charge in [0.25, 0.3) is 5.91 Å². The Hall–Kier alpha value is -0.690. The molecule has 0 saturated carbocycles. The normalized spacial score (nSPS) is 17.2. The summed E-state index contributed by atoms with van der Waals surface area (Å²) in [5.74, 6) is 0.275. The molecular formula is C16H22FIN2O. The zero-order valence-electron chi connectivity index (χ0n) is 12.5. The highest BCUT2D eigenvalue weighted by Crippen LogP contribution is 2.16. The summed E-state index contributed by atoms with van der Waals surface area (Å²) < 4.78 is 13.7. The Morgan fingerprint density at radius 1 is 1.43 bits per heavy atom. The number of halogens is 2. The highest BCUT2D eigenvalue weighted by atomic mass is 127. The lowest BCUT2D eigenvalue weighted by Gasteiger charge is -2.33. The van der Waals surface area contributed by atoms with Crippen LogP contribution in [0.4, 0.5) is 4.39 Å². The Morgan fingerprint density at radius 3 is 2.67 bits per heavy atom. The topological polar surface area (TPSA) is 32.3 Å². The molecule has 3 nitrogen and oxygen atoms in total. The number of nitrogens with zero attached hydrogens (tertiary/aromatic N) is 1. The van der Waals surface area contributed by atoms with Crippen molar-refractivity contribution in [3.63, 3.8) is 0 Å². The van der Waals surface area contributed by atoms with Crippen LogP contribution in [0.15, 0.2) is 18.2 Å². The molecule has 1 aromatic rings. The predicted octanol–water partition coefficient (Wildman–Crippen LogP) is 3.28. The maximum atomic E-state index is 13.1. The molecule has 1 heterocycles. The van der Waals surface area contributed by atoms with Crippen LogP contribution in [0.1, 0.15) is 37.0 Å². The van der Waals surface area contributed by atoms with Gasteiger partial charge >= 0.3 is 0 Å². The fourth-order valence-electron chi connectivity index (χ4n) is 2.71. The summed E-state index contributed by atoms with van der Waals surface area (Å²) in [6.07, 6.45) is 1.96. The van der Waals surface area contributed by atoms with Crippen molar-refractivity contribution in [2.45, 2.75) is 32.7 Å². The van der Waals surface area contributed by atoms with Crippen molar-refractivity contribution in [2.75, 3.05) is 19.6 Å². The highest BCUT2D eigenvalue weighted by Gasteiger charge is 2.22. The maximum absolute atomic E-state index is 13.1. The second-order valence-corrected chi connectivity index (χ2v) is 7.23. The van der Waals surface area contributed by atoms with E-state index in [1.165, 1.54) is 12.1 Å². The molecule has 0 atom stereocenters. The third-order valence-electron chi connectivity index (χ3n) is 3.72. The van der Waals surface area contributed by atoms with E-state index < -0.39 is 0 Å². The Bertz CT molecular complexity index is 499. The third-order valence-corrected chi connectivity index (χ3v) is 4.61. The van der Waals surface area contributed by atoms with E-state index in [-0.39, 0.29) is 17.8 Å². The van der Waals surface area contributed by atoms with Crippen LogP contribution in [0.25, 0.3) is 0 Å². The van der Waals surface area contributed by atoms with Crippen LogP contribution in [0.2, 0.25) is 0 Å². The van der Waals surface area contributed by atoms with E-state index in [1.54, 1.807) is 6.07 Å². The molecule has 116 valence electrons. The number of hydrogen-bond acceptors (Lipinski definition) is 2. The summed E-state index contributed by atoms with van der Waals surface area (Å²) in [4.78, 5) is 14.7. The van der Waals surface area contributed by atoms with Crippen LogP contribution >= 0.6 is 22.6 Å². The van der Waals surface area contributed by atoms with E-state index in [1.807, 2.05) is 22.6 Å². The summed E-state index contributed by atoms with van der Waals surface area (Å²) in [5.41, 5.74) is 0.557. The molecule has 2 rings (SSSR count). The van der Waals surface area contributed by atoms with Gasteiger partial charge in [-0.05, 0) is 59.5 Å². The first-order valence-corrected chi connectivity index (χ1v) is 8.52. The number of hydrogen-bond donors (Lipinski definition) is 1. The number of piperidine rings is 1. The number of nitrogens with one attached hydrogen (secondary N) is 1. The lowest BCUT2D eigenvalue weighted by atomic mass is 10.0. The van der Waals surface area contributed by atoms with Crippen LogP contribution in [0.5, 0.6) is 0 Å². The van der Waals surface area contributed by atoms with E-state index in [9.17, 15) is 9.18 Å². The van der Waals surface area contributed by atoms with Crippen molar-refractivity contribution < 1.29 is 9.18 Å². The largest absolute Gasteiger partial charge is 0.349 e. The van der Waals surface area contributed by atoms with Crippen molar-refractivity contribution >= 4 is 28.5 Å². The van der Waals surface area contributed by atoms with Crippen molar-refractivity contribution in [1.29, 1.82) is 0 Å². The lowest BCUT2D eigenvalue weighted by molar-refractivity contribution is 0.0906. The van der Waals surface area contributed by atoms with Gasteiger partial charge in [-0.2, -0.15) is 0 Å². The molecule has 1 N–H and O–H groups in total. The summed E-state index contributed by atoms with van der Waals surface area (Å²) in [5, 5.41) is 3.08. The molecule has 0 unspecified atom stereocenters. The Kier molecular flexibility index (Phi) is 5.98. The third kappa shape index (κ3) is 4.92. The van der Waals surface area contributed by atoms with Gasteiger partial charge < -0.3 is 10.2 Å². The number of carbonyl (C=O) groups excluding carboxylic acids is 1. The Morgan fingerprint density at radius 2 is 2.10 bits per heavy atom. The minimum atomic E-state index is -0.307. The fraction of sp³-hybridized carbons (Fsp3) is 0.562. The average Bonchev–Trinajstić information content (AvgIpc) is 2.40. The molecule has 21 heavy (non-hydrogen) atoms. The van der Waals surface area contributed by atoms with Gasteiger partial charge in [0.05, 0.1) is 5.56 Å². The lowest BCUT2D eigenvalue weighted by Crippen LogP contribution is -2.45. The molecule has 1 amide bonds. The van der Waals surface area contributed by atoms with Crippen LogP contribution in [-0.4, -0.2) is 36.5 Å². The van der Waals surface area contributed by atoms with E-state index in [0.717, 1.165) is 32.5 Å². The number of likely N-dealkylation sites (tertiary alicyclic amines) is 1. The molecule has 0 aromatic heterocycles. The van der Waals surface area contributed by atoms with Gasteiger partial charge in [-0.25, -0.2) is 4.39 Å². The van der Waals surface area contributed by atoms with Crippen molar-refractivity contribution in [3.8, 4) is 0 Å². The second kappa shape index (κ2) is 7.54. The molecule has 1 saturated heterocycles. The maximum Gasteiger partial charge on any atom is 0.252 e. The van der Waals surface area contributed by atoms with E-state index in [2.05, 4.69) is 24.1 Å². The molecule has 1 fully saturated rings. The molecule has 0 spiro atoms. The smallest absolute Gasteiger partial charge is 0.252 e. The first kappa shape index (κ1) is 16.7. The van der Waals surface area contributed by atoms with Gasteiger partial charge in [0, 0.05) is 29.2 Å². The SMILES string of the molecule is CC(C)CN1CCC(NC(=O)c2ccc(F)cc2I)CC1. The molecule has 0 aliphatic carbocycles. The summed E-state index contributed by atoms with van der Waals surface area (Å²) in [6.45, 7) is 7.64. The predicted molar refractivity (Wildman–Crippen MR) is 90.9 cm³/mol. The Labute approximate surface area is 139 Å². The number of benzene rings is 1. The monoisotopic (exact) mass is 404 g/mol. The van der Waals surface area contributed by atoms with Crippen LogP contribution in [0, 0.1) is 15.3 Å². The first-order valence-electron chi connectivity index (χ1n) is 7.44. The number of carbonyl (C=O) groups is 1. The second-order valence-electron chi connectivity index (χ2n) is 6.07. The summed E-state index contributed by atoms with van der Waals surface area (Å²) in [6, 6.07) is 4.50. The first-order chi connectivity index (χ1) is 9.95. The zero-order chi connectivity index (χ0) is 15.4. The summed E-state index contributed by atoms with van der Waals surface area (Å²) in [7, 11) is 0. The van der Waals surface area contributed by atoms with Crippen LogP contribution < -0.4 is 5.32 Å². The fourth-order valence-corrected chi connectivity index (χ4v) is 3.44. The average molecular weight is 404 g/mol. The van der Waals surface area contributed by atoms with Crippen molar-refractivity contribution in [1.82, 2.24) is 10.2 Å². The van der Waals surface area contributed by atoms with Crippen LogP contribution in [-0.2, 0) is 0 Å². The van der Waals surface area contributed by atoms with Gasteiger partial charge in [0.1, 0.15) is 5.82 Å². The number of amides is 1. The quantitative estimate of drug-likeness (QED) is 0.782. The summed E-state index contributed by atoms with van der Waals surface area (Å²) >= 11 is 2.00. The van der Waals surface area contributed by atoms with E-state index >= 15 is 0 Å². The molecule has 1 aliphatic rings. The van der Waals surface area contributed by atoms with Crippen molar-refractivity contribution in [3.05, 3.63) is 33.1 Å². The Balaban J connectivity index is 1.87. The molecule has 1 aliphatic heterocycles. The van der Waals surface area contributed by atoms with Gasteiger partial charge in [-0.1, -0.05) is 13.8 Å². The van der Waals surface area contributed by atoms with Gasteiger partial charge in [0.15, 0.2) is 0 Å². The van der Waals surface area contributed by atoms with Crippen molar-refractivity contribution in [2.24, 2.45) is 5.92 Å². The minimum absolute atomic E-state index is 0.0956. The van der Waals surface area contributed by atoms with E-state index in [4.69, 9.17) is 0 Å². The minimum Gasteiger partial charge on any atom is -0.349 e. The number of rotatable bonds is 4. The molecule has 0 radical (unpaired) electrons. The van der Waals surface area contributed by atoms with Gasteiger partial charge in [-0.3, -0.25) is 4.79 Å². The standard InChI is InChI=1S/C16H22FIN2O/c1-11(2)10-20-7-5-13(6-8-20)19-16(21)14-4-3-12(17)9-15(14)18/h3-4,9,11,13H,5-8,10H2,1-2H3,(H,19,21). The van der Waals surface area contributed by atoms with E-state index in [0.29, 0.717) is 15.1 Å². The highest BCUT2D eigenvalue weighted by molar-refractivity contribution is 14.1. The molecular weight excluding hydrogens is 382 g/mol. The molecule has 0 bridgehead atoms. The molecule has 1 aromatic carbocycles. The molecule has 5 heteroatoms. The van der Waals surface area contributed by atoms with Gasteiger partial charge in [0.2, 0.25) is 0 Å².